The van der Waals surface area contributed by atoms with Crippen LogP contribution in [0.2, 0.25) is 0 Å². The van der Waals surface area contributed by atoms with Gasteiger partial charge in [-0.3, -0.25) is 4.79 Å². The average Bonchev–Trinajstić information content (AvgIpc) is 3.17. The van der Waals surface area contributed by atoms with Crippen LogP contribution in [-0.4, -0.2) is 17.7 Å². The maximum Gasteiger partial charge on any atom is 0.235 e. The van der Waals surface area contributed by atoms with E-state index >= 15 is 0 Å². The minimum atomic E-state index is -0.467. The summed E-state index contributed by atoms with van der Waals surface area (Å²) in [5.41, 5.74) is 2.34. The number of hydrogen-bond acceptors (Lipinski definition) is 3. The van der Waals surface area contributed by atoms with Crippen LogP contribution in [0.4, 0.5) is 5.69 Å². The first kappa shape index (κ1) is 14.8. The van der Waals surface area contributed by atoms with Crippen molar-refractivity contribution in [3.63, 3.8) is 0 Å². The van der Waals surface area contributed by atoms with Crippen molar-refractivity contribution in [3.8, 4) is 11.5 Å². The van der Waals surface area contributed by atoms with Crippen molar-refractivity contribution in [2.45, 2.75) is 18.3 Å². The molecule has 2 aliphatic rings. The van der Waals surface area contributed by atoms with Gasteiger partial charge in [0.1, 0.15) is 0 Å². The van der Waals surface area contributed by atoms with Gasteiger partial charge in [-0.25, -0.2) is 0 Å². The molecule has 0 saturated heterocycles. The molecule has 2 aromatic carbocycles. The Morgan fingerprint density at radius 3 is 2.80 bits per heavy atom. The molecule has 0 atom stereocenters. The third-order valence-corrected chi connectivity index (χ3v) is 5.66. The number of ether oxygens (including phenoxy) is 2. The molecule has 1 aliphatic carbocycles. The summed E-state index contributed by atoms with van der Waals surface area (Å²) in [7, 11) is 0. The summed E-state index contributed by atoms with van der Waals surface area (Å²) in [6, 6.07) is 11.6. The van der Waals surface area contributed by atoms with Gasteiger partial charge in [-0.2, -0.15) is 0 Å². The molecule has 0 radical (unpaired) electrons. The Labute approximate surface area is 152 Å². The van der Waals surface area contributed by atoms with Crippen LogP contribution in [0, 0.1) is 0 Å². The summed E-state index contributed by atoms with van der Waals surface area (Å²) >= 11 is 3.51. The van der Waals surface area contributed by atoms with E-state index < -0.39 is 5.41 Å². The molecule has 5 nitrogen and oxygen atoms in total. The number of H-pyrrole nitrogens is 1. The van der Waals surface area contributed by atoms with Crippen LogP contribution < -0.4 is 14.8 Å². The third-order valence-electron chi connectivity index (χ3n) is 5.00. The van der Waals surface area contributed by atoms with Gasteiger partial charge in [0.25, 0.3) is 0 Å². The third kappa shape index (κ3) is 2.32. The van der Waals surface area contributed by atoms with Gasteiger partial charge in [0.2, 0.25) is 12.7 Å². The summed E-state index contributed by atoms with van der Waals surface area (Å²) < 4.78 is 11.8. The number of carbonyl (C=O) groups is 1. The Morgan fingerprint density at radius 1 is 1.12 bits per heavy atom. The van der Waals surface area contributed by atoms with Crippen molar-refractivity contribution in [3.05, 3.63) is 52.6 Å². The fourth-order valence-corrected chi connectivity index (χ4v) is 3.82. The highest BCUT2D eigenvalue weighted by Crippen LogP contribution is 2.51. The van der Waals surface area contributed by atoms with Crippen LogP contribution in [0.3, 0.4) is 0 Å². The number of anilines is 1. The molecule has 3 aromatic rings. The van der Waals surface area contributed by atoms with Gasteiger partial charge in [0.05, 0.1) is 5.41 Å². The van der Waals surface area contributed by atoms with Gasteiger partial charge < -0.3 is 19.8 Å². The van der Waals surface area contributed by atoms with E-state index in [1.165, 1.54) is 0 Å². The first-order chi connectivity index (χ1) is 12.2. The molecule has 126 valence electrons. The summed E-state index contributed by atoms with van der Waals surface area (Å²) in [4.78, 5) is 16.1. The fourth-order valence-electron chi connectivity index (χ4n) is 3.38. The van der Waals surface area contributed by atoms with E-state index in [1.807, 2.05) is 42.6 Å². The molecule has 1 saturated carbocycles. The van der Waals surface area contributed by atoms with Gasteiger partial charge in [0.15, 0.2) is 11.5 Å². The number of rotatable bonds is 3. The predicted molar refractivity (Wildman–Crippen MR) is 98.1 cm³/mol. The first-order valence-corrected chi connectivity index (χ1v) is 8.93. The van der Waals surface area contributed by atoms with Crippen molar-refractivity contribution in [2.75, 3.05) is 12.1 Å². The number of aromatic amines is 1. The molecular formula is C19H15BrN2O3. The molecule has 0 unspecified atom stereocenters. The lowest BCUT2D eigenvalue weighted by atomic mass is 9.94. The minimum absolute atomic E-state index is 0.0253. The van der Waals surface area contributed by atoms with E-state index in [1.54, 1.807) is 0 Å². The second-order valence-corrected chi connectivity index (χ2v) is 7.36. The molecule has 0 bridgehead atoms. The molecule has 5 rings (SSSR count). The zero-order valence-corrected chi connectivity index (χ0v) is 14.9. The summed E-state index contributed by atoms with van der Waals surface area (Å²) in [5, 5.41) is 4.12. The Kier molecular flexibility index (Phi) is 3.12. The molecule has 1 aliphatic heterocycles. The van der Waals surface area contributed by atoms with E-state index in [-0.39, 0.29) is 12.7 Å². The van der Waals surface area contributed by atoms with Crippen LogP contribution in [0.5, 0.6) is 11.5 Å². The molecule has 1 aromatic heterocycles. The van der Waals surface area contributed by atoms with Crippen molar-refractivity contribution in [2.24, 2.45) is 0 Å². The predicted octanol–water partition coefficient (Wildman–Crippen LogP) is 4.33. The maximum atomic E-state index is 13.0. The van der Waals surface area contributed by atoms with Crippen molar-refractivity contribution in [1.82, 2.24) is 4.98 Å². The number of aromatic nitrogens is 1. The fraction of sp³-hybridized carbons (Fsp3) is 0.211. The molecule has 2 N–H and O–H groups in total. The lowest BCUT2D eigenvalue weighted by Crippen LogP contribution is -2.27. The maximum absolute atomic E-state index is 13.0. The molecular weight excluding hydrogens is 384 g/mol. The molecule has 25 heavy (non-hydrogen) atoms. The summed E-state index contributed by atoms with van der Waals surface area (Å²) in [5.74, 6) is 1.48. The van der Waals surface area contributed by atoms with Crippen LogP contribution in [-0.2, 0) is 10.2 Å². The number of nitrogens with one attached hydrogen (secondary N) is 2. The van der Waals surface area contributed by atoms with Crippen LogP contribution >= 0.6 is 15.9 Å². The number of hydrogen-bond donors (Lipinski definition) is 2. The van der Waals surface area contributed by atoms with E-state index in [2.05, 4.69) is 26.2 Å². The topological polar surface area (TPSA) is 63.4 Å². The lowest BCUT2D eigenvalue weighted by Gasteiger charge is -2.16. The number of amides is 1. The Balaban J connectivity index is 1.44. The Bertz CT molecular complexity index is 1010. The normalized spacial score (nSPS) is 16.8. The monoisotopic (exact) mass is 398 g/mol. The zero-order valence-electron chi connectivity index (χ0n) is 13.3. The minimum Gasteiger partial charge on any atom is -0.454 e. The quantitative estimate of drug-likeness (QED) is 0.689. The number of benzene rings is 2. The van der Waals surface area contributed by atoms with Crippen LogP contribution in [0.15, 0.2) is 47.1 Å². The molecule has 6 heteroatoms. The van der Waals surface area contributed by atoms with Crippen molar-refractivity contribution < 1.29 is 14.3 Å². The van der Waals surface area contributed by atoms with Gasteiger partial charge in [0, 0.05) is 27.3 Å². The van der Waals surface area contributed by atoms with Gasteiger partial charge in [-0.15, -0.1) is 0 Å². The SMILES string of the molecule is O=C(Nc1ccc2[nH]cc(Br)c2c1)C1(c2ccc3c(c2)OCO3)CC1. The Morgan fingerprint density at radius 2 is 1.96 bits per heavy atom. The standard InChI is InChI=1S/C19H15BrN2O3/c20-14-9-21-15-3-2-12(8-13(14)15)22-18(23)19(5-6-19)11-1-4-16-17(7-11)25-10-24-16/h1-4,7-9,21H,5-6,10H2,(H,22,23). The van der Waals surface area contributed by atoms with E-state index in [4.69, 9.17) is 9.47 Å². The van der Waals surface area contributed by atoms with Crippen LogP contribution in [0.1, 0.15) is 18.4 Å². The van der Waals surface area contributed by atoms with Gasteiger partial charge in [-0.1, -0.05) is 6.07 Å². The second-order valence-electron chi connectivity index (χ2n) is 6.50. The first-order valence-electron chi connectivity index (χ1n) is 8.14. The summed E-state index contributed by atoms with van der Waals surface area (Å²) in [6.07, 6.45) is 3.58. The largest absolute Gasteiger partial charge is 0.454 e. The van der Waals surface area contributed by atoms with E-state index in [0.717, 1.165) is 45.2 Å². The summed E-state index contributed by atoms with van der Waals surface area (Å²) in [6.45, 7) is 0.240. The molecule has 1 fully saturated rings. The molecule has 0 spiro atoms. The van der Waals surface area contributed by atoms with Crippen molar-refractivity contribution >= 4 is 38.4 Å². The molecule has 1 amide bonds. The highest BCUT2D eigenvalue weighted by molar-refractivity contribution is 9.10. The number of carbonyl (C=O) groups excluding carboxylic acids is 1. The highest BCUT2D eigenvalue weighted by atomic mass is 79.9. The molecule has 2 heterocycles. The van der Waals surface area contributed by atoms with E-state index in [0.29, 0.717) is 5.75 Å². The van der Waals surface area contributed by atoms with Gasteiger partial charge >= 0.3 is 0 Å². The smallest absolute Gasteiger partial charge is 0.235 e. The Hall–Kier alpha value is -2.47. The van der Waals surface area contributed by atoms with Crippen molar-refractivity contribution in [1.29, 1.82) is 0 Å². The highest BCUT2D eigenvalue weighted by Gasteiger charge is 2.51. The van der Waals surface area contributed by atoms with Crippen LogP contribution in [0.25, 0.3) is 10.9 Å². The zero-order chi connectivity index (χ0) is 17.0. The number of halogens is 1. The van der Waals surface area contributed by atoms with E-state index in [9.17, 15) is 4.79 Å². The second kappa shape index (κ2) is 5.26. The average molecular weight is 399 g/mol. The number of fused-ring (bicyclic) bond motifs is 2. The lowest BCUT2D eigenvalue weighted by molar-refractivity contribution is -0.118. The van der Waals surface area contributed by atoms with Gasteiger partial charge in [-0.05, 0) is 64.7 Å².